The molecular weight excluding hydrogens is 340 g/mol. The summed E-state index contributed by atoms with van der Waals surface area (Å²) >= 11 is 0. The fourth-order valence-electron chi connectivity index (χ4n) is 2.07. The summed E-state index contributed by atoms with van der Waals surface area (Å²) in [5, 5.41) is 22.8. The van der Waals surface area contributed by atoms with Crippen molar-refractivity contribution in [2.45, 2.75) is 20.1 Å². The Morgan fingerprint density at radius 1 is 1.28 bits per heavy atom. The molecule has 2 aromatic heterocycles. The summed E-state index contributed by atoms with van der Waals surface area (Å²) in [6.07, 6.45) is 1.27. The van der Waals surface area contributed by atoms with Crippen LogP contribution in [0.15, 0.2) is 34.9 Å². The van der Waals surface area contributed by atoms with Crippen molar-refractivity contribution in [2.24, 2.45) is 0 Å². The molecule has 0 fully saturated rings. The molecule has 130 valence electrons. The molecule has 0 unspecified atom stereocenters. The van der Waals surface area contributed by atoms with E-state index in [1.807, 2.05) is 0 Å². The van der Waals surface area contributed by atoms with Crippen molar-refractivity contribution in [3.05, 3.63) is 40.6 Å². The second-order valence-electron chi connectivity index (χ2n) is 4.79. The van der Waals surface area contributed by atoms with E-state index in [4.69, 9.17) is 4.42 Å². The van der Waals surface area contributed by atoms with Crippen LogP contribution in [-0.2, 0) is 6.54 Å². The molecule has 0 N–H and O–H groups in total. The van der Waals surface area contributed by atoms with Crippen LogP contribution in [0.5, 0.6) is 5.75 Å². The summed E-state index contributed by atoms with van der Waals surface area (Å²) in [6.45, 7) is -0.703. The maximum absolute atomic E-state index is 12.1. The van der Waals surface area contributed by atoms with E-state index in [0.29, 0.717) is 12.1 Å². The van der Waals surface area contributed by atoms with Gasteiger partial charge >= 0.3 is 12.3 Å². The van der Waals surface area contributed by atoms with Crippen LogP contribution >= 0.6 is 0 Å². The number of nitrogens with zero attached hydrogens (tertiary/aromatic N) is 5. The van der Waals surface area contributed by atoms with Gasteiger partial charge in [0, 0.05) is 12.1 Å². The third-order valence-electron chi connectivity index (χ3n) is 3.22. The standard InChI is InChI=1S/C14H11F2N5O4/c1-2-20-7-10(21(22)23)11(19-20)13-18-17-12(25-13)8-3-5-9(6-4-8)24-14(15)16/h3-7,14H,2H2,1H3. The van der Waals surface area contributed by atoms with Crippen LogP contribution in [-0.4, -0.2) is 31.5 Å². The van der Waals surface area contributed by atoms with Gasteiger partial charge in [-0.05, 0) is 31.2 Å². The van der Waals surface area contributed by atoms with E-state index < -0.39 is 11.5 Å². The first-order chi connectivity index (χ1) is 12.0. The Balaban J connectivity index is 1.90. The van der Waals surface area contributed by atoms with Crippen molar-refractivity contribution in [3.63, 3.8) is 0 Å². The molecule has 1 aromatic carbocycles. The highest BCUT2D eigenvalue weighted by Crippen LogP contribution is 2.30. The molecule has 0 bridgehead atoms. The third-order valence-corrected chi connectivity index (χ3v) is 3.22. The van der Waals surface area contributed by atoms with Crippen LogP contribution in [0.2, 0.25) is 0 Å². The molecular formula is C14H11F2N5O4. The quantitative estimate of drug-likeness (QED) is 0.496. The van der Waals surface area contributed by atoms with Gasteiger partial charge in [-0.15, -0.1) is 10.2 Å². The Morgan fingerprint density at radius 2 is 1.96 bits per heavy atom. The van der Waals surface area contributed by atoms with Crippen LogP contribution in [0.25, 0.3) is 23.0 Å². The second-order valence-corrected chi connectivity index (χ2v) is 4.79. The first kappa shape index (κ1) is 16.5. The van der Waals surface area contributed by atoms with Crippen molar-refractivity contribution in [2.75, 3.05) is 0 Å². The highest BCUT2D eigenvalue weighted by Gasteiger charge is 2.25. The van der Waals surface area contributed by atoms with E-state index in [9.17, 15) is 18.9 Å². The van der Waals surface area contributed by atoms with Gasteiger partial charge < -0.3 is 9.15 Å². The molecule has 0 saturated carbocycles. The Morgan fingerprint density at radius 3 is 2.56 bits per heavy atom. The summed E-state index contributed by atoms with van der Waals surface area (Å²) in [6, 6.07) is 5.54. The average molecular weight is 351 g/mol. The lowest BCUT2D eigenvalue weighted by Crippen LogP contribution is -2.01. The minimum absolute atomic E-state index is 0.0178. The number of hydrogen-bond donors (Lipinski definition) is 0. The maximum Gasteiger partial charge on any atom is 0.387 e. The Bertz CT molecular complexity index is 891. The molecule has 0 atom stereocenters. The van der Waals surface area contributed by atoms with Gasteiger partial charge in [0.1, 0.15) is 11.9 Å². The lowest BCUT2D eigenvalue weighted by molar-refractivity contribution is -0.384. The summed E-state index contributed by atoms with van der Waals surface area (Å²) in [4.78, 5) is 10.5. The SMILES string of the molecule is CCn1cc([N+](=O)[O-])c(-c2nnc(-c3ccc(OC(F)F)cc3)o2)n1. The summed E-state index contributed by atoms with van der Waals surface area (Å²) in [5.41, 5.74) is 0.152. The van der Waals surface area contributed by atoms with Gasteiger partial charge in [0.05, 0.1) is 4.92 Å². The number of aromatic nitrogens is 4. The van der Waals surface area contributed by atoms with Crippen LogP contribution in [0, 0.1) is 10.1 Å². The molecule has 0 spiro atoms. The van der Waals surface area contributed by atoms with Crippen LogP contribution in [0.1, 0.15) is 6.92 Å². The van der Waals surface area contributed by atoms with Gasteiger partial charge in [-0.25, -0.2) is 0 Å². The van der Waals surface area contributed by atoms with E-state index >= 15 is 0 Å². The first-order valence-electron chi connectivity index (χ1n) is 7.09. The zero-order valence-corrected chi connectivity index (χ0v) is 12.8. The predicted octanol–water partition coefficient (Wildman–Crippen LogP) is 3.13. The van der Waals surface area contributed by atoms with Gasteiger partial charge in [-0.1, -0.05) is 0 Å². The number of aryl methyl sites for hydroxylation is 1. The lowest BCUT2D eigenvalue weighted by atomic mass is 10.2. The fourth-order valence-corrected chi connectivity index (χ4v) is 2.07. The van der Waals surface area contributed by atoms with Crippen LogP contribution in [0.4, 0.5) is 14.5 Å². The fraction of sp³-hybridized carbons (Fsp3) is 0.214. The van der Waals surface area contributed by atoms with Crippen molar-refractivity contribution in [1.29, 1.82) is 0 Å². The molecule has 11 heteroatoms. The highest BCUT2D eigenvalue weighted by molar-refractivity contribution is 5.63. The number of nitro groups is 1. The summed E-state index contributed by atoms with van der Waals surface area (Å²) < 4.78 is 35.4. The van der Waals surface area contributed by atoms with E-state index in [2.05, 4.69) is 20.0 Å². The second kappa shape index (κ2) is 6.63. The number of benzene rings is 1. The molecule has 9 nitrogen and oxygen atoms in total. The maximum atomic E-state index is 12.1. The smallest absolute Gasteiger partial charge is 0.387 e. The largest absolute Gasteiger partial charge is 0.435 e. The molecule has 25 heavy (non-hydrogen) atoms. The Hall–Kier alpha value is -3.37. The number of hydrogen-bond acceptors (Lipinski definition) is 7. The minimum Gasteiger partial charge on any atom is -0.435 e. The van der Waals surface area contributed by atoms with Gasteiger partial charge in [0.25, 0.3) is 5.89 Å². The monoisotopic (exact) mass is 351 g/mol. The first-order valence-corrected chi connectivity index (χ1v) is 7.09. The van der Waals surface area contributed by atoms with Gasteiger partial charge in [0.15, 0.2) is 0 Å². The van der Waals surface area contributed by atoms with E-state index in [-0.39, 0.29) is 28.9 Å². The minimum atomic E-state index is -2.92. The topological polar surface area (TPSA) is 109 Å². The number of rotatable bonds is 6. The van der Waals surface area contributed by atoms with Crippen molar-refractivity contribution < 1.29 is 22.9 Å². The van der Waals surface area contributed by atoms with Crippen molar-refractivity contribution >= 4 is 5.69 Å². The molecule has 0 amide bonds. The summed E-state index contributed by atoms with van der Waals surface area (Å²) in [7, 11) is 0. The Kier molecular flexibility index (Phi) is 4.37. The van der Waals surface area contributed by atoms with Gasteiger partial charge in [-0.3, -0.25) is 14.8 Å². The third kappa shape index (κ3) is 3.44. The summed E-state index contributed by atoms with van der Waals surface area (Å²) in [5.74, 6) is -0.0587. The average Bonchev–Trinajstić information content (AvgIpc) is 3.21. The molecule has 0 aliphatic heterocycles. The van der Waals surface area contributed by atoms with Crippen LogP contribution in [0.3, 0.4) is 0 Å². The molecule has 0 aliphatic carbocycles. The number of halogens is 2. The predicted molar refractivity (Wildman–Crippen MR) is 79.9 cm³/mol. The van der Waals surface area contributed by atoms with E-state index in [1.54, 1.807) is 6.92 Å². The Labute approximate surface area is 139 Å². The van der Waals surface area contributed by atoms with Crippen molar-refractivity contribution in [1.82, 2.24) is 20.0 Å². The molecule has 0 aliphatic rings. The number of ether oxygens (including phenoxy) is 1. The normalized spacial score (nSPS) is 11.0. The van der Waals surface area contributed by atoms with E-state index in [1.165, 1.54) is 35.1 Å². The highest BCUT2D eigenvalue weighted by atomic mass is 19.3. The van der Waals surface area contributed by atoms with Gasteiger partial charge in [-0.2, -0.15) is 13.9 Å². The van der Waals surface area contributed by atoms with Crippen LogP contribution < -0.4 is 4.74 Å². The lowest BCUT2D eigenvalue weighted by Gasteiger charge is -2.03. The molecule has 2 heterocycles. The molecule has 0 radical (unpaired) electrons. The zero-order chi connectivity index (χ0) is 18.0. The zero-order valence-electron chi connectivity index (χ0n) is 12.8. The van der Waals surface area contributed by atoms with E-state index in [0.717, 1.165) is 0 Å². The van der Waals surface area contributed by atoms with Gasteiger partial charge in [0.2, 0.25) is 11.6 Å². The number of alkyl halides is 2. The molecule has 3 rings (SSSR count). The molecule has 0 saturated heterocycles. The molecule has 3 aromatic rings. The van der Waals surface area contributed by atoms with Crippen molar-refractivity contribution in [3.8, 4) is 28.8 Å².